The van der Waals surface area contributed by atoms with Gasteiger partial charge in [-0.3, -0.25) is 4.57 Å². The molecule has 7 rings (SSSR count). The fraction of sp³-hybridized carbons (Fsp3) is 0.231. The summed E-state index contributed by atoms with van der Waals surface area (Å²) >= 11 is 0. The van der Waals surface area contributed by atoms with Gasteiger partial charge in [0, 0.05) is 11.9 Å². The van der Waals surface area contributed by atoms with Crippen molar-refractivity contribution in [1.29, 1.82) is 0 Å². The molecular formula is C39H37IrN3O+. The van der Waals surface area contributed by atoms with Crippen molar-refractivity contribution in [3.63, 3.8) is 0 Å². The van der Waals surface area contributed by atoms with E-state index >= 15 is 0 Å². The van der Waals surface area contributed by atoms with Crippen LogP contribution in [-0.4, -0.2) is 9.55 Å². The van der Waals surface area contributed by atoms with E-state index in [1.165, 1.54) is 16.7 Å². The maximum Gasteiger partial charge on any atom is 3.00 e. The van der Waals surface area contributed by atoms with Crippen molar-refractivity contribution in [2.24, 2.45) is 0 Å². The number of ether oxygens (including phenoxy) is 1. The molecule has 0 atom stereocenters. The summed E-state index contributed by atoms with van der Waals surface area (Å²) in [6, 6.07) is 37.5. The molecule has 222 valence electrons. The van der Waals surface area contributed by atoms with Crippen LogP contribution in [0.3, 0.4) is 0 Å². The Morgan fingerprint density at radius 1 is 0.750 bits per heavy atom. The second kappa shape index (κ2) is 13.3. The van der Waals surface area contributed by atoms with Gasteiger partial charge in [0.15, 0.2) is 0 Å². The standard InChI is InChI=1S/C28H29N2O.C11H8N.Ir/c1-17(2)20-13-21(18(3)4)15-22(14-20)29-16-30-25-11-7-9-23(19(5)6)28(25)31-26-12-8-10-24(29)27(26)30;1-2-6-10(7-3-1)11-8-4-5-9-12-11;/h7-10,12-15,17-19H,1-6H3;1-6,8-9H;/q2*-1;+3. The summed E-state index contributed by atoms with van der Waals surface area (Å²) in [5.41, 5.74) is 10.1. The molecule has 1 aliphatic heterocycles. The van der Waals surface area contributed by atoms with Gasteiger partial charge in [0.25, 0.3) is 6.33 Å². The van der Waals surface area contributed by atoms with Crippen molar-refractivity contribution < 1.29 is 29.4 Å². The molecule has 44 heavy (non-hydrogen) atoms. The molecule has 0 bridgehead atoms. The maximum absolute atomic E-state index is 6.43. The number of imidazole rings is 1. The molecule has 6 aromatic rings. The van der Waals surface area contributed by atoms with Gasteiger partial charge in [-0.1, -0.05) is 71.9 Å². The normalized spacial score (nSPS) is 11.6. The summed E-state index contributed by atoms with van der Waals surface area (Å²) in [7, 11) is 0. The third-order valence-electron chi connectivity index (χ3n) is 7.86. The molecule has 0 unspecified atom stereocenters. The Hall–Kier alpha value is -4.05. The Morgan fingerprint density at radius 2 is 1.50 bits per heavy atom. The molecule has 0 fully saturated rings. The van der Waals surface area contributed by atoms with Crippen LogP contribution >= 0.6 is 0 Å². The smallest absolute Gasteiger partial charge is 0.523 e. The number of pyridine rings is 1. The molecule has 0 N–H and O–H groups in total. The molecule has 5 heteroatoms. The van der Waals surface area contributed by atoms with Gasteiger partial charge in [-0.05, 0) is 64.5 Å². The van der Waals surface area contributed by atoms with Crippen LogP contribution < -0.4 is 9.30 Å². The van der Waals surface area contributed by atoms with E-state index in [2.05, 4.69) is 111 Å². The number of hydrogen-bond acceptors (Lipinski definition) is 2. The molecule has 4 aromatic carbocycles. The van der Waals surface area contributed by atoms with Gasteiger partial charge in [0.2, 0.25) is 0 Å². The van der Waals surface area contributed by atoms with Crippen molar-refractivity contribution in [3.8, 4) is 34.1 Å². The minimum Gasteiger partial charge on any atom is -0.523 e. The summed E-state index contributed by atoms with van der Waals surface area (Å²) in [5.74, 6) is 3.04. The number of nitrogens with zero attached hydrogens (tertiary/aromatic N) is 3. The van der Waals surface area contributed by atoms with Gasteiger partial charge in [0.1, 0.15) is 11.3 Å². The van der Waals surface area contributed by atoms with Crippen molar-refractivity contribution in [2.75, 3.05) is 0 Å². The average molecular weight is 756 g/mol. The van der Waals surface area contributed by atoms with E-state index in [9.17, 15) is 0 Å². The third-order valence-corrected chi connectivity index (χ3v) is 7.86. The average Bonchev–Trinajstić information content (AvgIpc) is 3.43. The van der Waals surface area contributed by atoms with Crippen LogP contribution in [0.5, 0.6) is 11.5 Å². The summed E-state index contributed by atoms with van der Waals surface area (Å²) in [5, 5.41) is 0. The first-order valence-electron chi connectivity index (χ1n) is 15.1. The largest absolute Gasteiger partial charge is 3.00 e. The molecule has 0 saturated carbocycles. The van der Waals surface area contributed by atoms with Gasteiger partial charge in [-0.25, -0.2) is 0 Å². The Bertz CT molecular complexity index is 1810. The van der Waals surface area contributed by atoms with Crippen LogP contribution in [0.15, 0.2) is 97.2 Å². The minimum atomic E-state index is 0. The number of benzene rings is 4. The SMILES string of the molecule is CC(C)c1cc(C(C)C)cc(-n2[c-][n+]3c4c(cccc42)Oc2c-3[c-]ccc2C(C)C)c1.[Ir+3].[c-]1ccccc1-c1ccccn1. The molecule has 0 amide bonds. The Kier molecular flexibility index (Phi) is 9.48. The topological polar surface area (TPSA) is 30.9 Å². The van der Waals surface area contributed by atoms with E-state index in [1.54, 1.807) is 6.20 Å². The monoisotopic (exact) mass is 756 g/mol. The molecule has 2 aromatic heterocycles. The van der Waals surface area contributed by atoms with Crippen molar-refractivity contribution in [3.05, 3.63) is 132 Å². The fourth-order valence-corrected chi connectivity index (χ4v) is 5.42. The number of hydrogen-bond donors (Lipinski definition) is 0. The molecule has 0 aliphatic carbocycles. The Balaban J connectivity index is 0.000000248. The summed E-state index contributed by atoms with van der Waals surface area (Å²) < 4.78 is 10.7. The van der Waals surface area contributed by atoms with E-state index in [-0.39, 0.29) is 20.1 Å². The molecule has 0 radical (unpaired) electrons. The van der Waals surface area contributed by atoms with E-state index in [0.29, 0.717) is 17.8 Å². The maximum atomic E-state index is 6.43. The summed E-state index contributed by atoms with van der Waals surface area (Å²) in [6.07, 6.45) is 5.41. The third kappa shape index (κ3) is 6.13. The van der Waals surface area contributed by atoms with Gasteiger partial charge >= 0.3 is 20.1 Å². The van der Waals surface area contributed by atoms with Crippen LogP contribution in [-0.2, 0) is 20.1 Å². The Morgan fingerprint density at radius 3 is 2.14 bits per heavy atom. The Labute approximate surface area is 274 Å². The van der Waals surface area contributed by atoms with E-state index in [4.69, 9.17) is 4.74 Å². The summed E-state index contributed by atoms with van der Waals surface area (Å²) in [4.78, 5) is 4.22. The van der Waals surface area contributed by atoms with E-state index in [1.807, 2.05) is 54.6 Å². The minimum absolute atomic E-state index is 0. The van der Waals surface area contributed by atoms with E-state index < -0.39 is 0 Å². The molecule has 4 nitrogen and oxygen atoms in total. The second-order valence-electron chi connectivity index (χ2n) is 11.9. The van der Waals surface area contributed by atoms with Crippen LogP contribution in [0.4, 0.5) is 0 Å². The number of aromatic nitrogens is 3. The zero-order chi connectivity index (χ0) is 30.1. The predicted molar refractivity (Wildman–Crippen MR) is 173 cm³/mol. The predicted octanol–water partition coefficient (Wildman–Crippen LogP) is 9.53. The van der Waals surface area contributed by atoms with Crippen molar-refractivity contribution in [1.82, 2.24) is 9.55 Å². The van der Waals surface area contributed by atoms with Crippen molar-refractivity contribution >= 4 is 11.0 Å². The van der Waals surface area contributed by atoms with E-state index in [0.717, 1.165) is 45.2 Å². The zero-order valence-electron chi connectivity index (χ0n) is 26.1. The zero-order valence-corrected chi connectivity index (χ0v) is 28.4. The van der Waals surface area contributed by atoms with Gasteiger partial charge in [0.05, 0.1) is 11.2 Å². The number of fused-ring (bicyclic) bond motifs is 2. The molecule has 0 spiro atoms. The molecule has 3 heterocycles. The second-order valence-corrected chi connectivity index (χ2v) is 11.9. The summed E-state index contributed by atoms with van der Waals surface area (Å²) in [6.45, 7) is 13.4. The molecular weight excluding hydrogens is 719 g/mol. The van der Waals surface area contributed by atoms with Gasteiger partial charge < -0.3 is 14.3 Å². The molecule has 0 saturated heterocycles. The number of rotatable bonds is 5. The molecule has 1 aliphatic rings. The van der Waals surface area contributed by atoms with Gasteiger partial charge in [-0.2, -0.15) is 18.2 Å². The quantitative estimate of drug-likeness (QED) is 0.130. The van der Waals surface area contributed by atoms with Crippen LogP contribution in [0.25, 0.3) is 33.7 Å². The first kappa shape index (κ1) is 31.4. The van der Waals surface area contributed by atoms with Crippen molar-refractivity contribution in [2.45, 2.75) is 59.3 Å². The van der Waals surface area contributed by atoms with Crippen LogP contribution in [0.2, 0.25) is 0 Å². The number of para-hydroxylation sites is 1. The first-order chi connectivity index (χ1) is 20.8. The fourth-order valence-electron chi connectivity index (χ4n) is 5.42. The van der Waals surface area contributed by atoms with Crippen LogP contribution in [0, 0.1) is 18.5 Å². The first-order valence-corrected chi connectivity index (χ1v) is 15.1. The van der Waals surface area contributed by atoms with Gasteiger partial charge in [-0.15, -0.1) is 41.5 Å². The van der Waals surface area contributed by atoms with Crippen LogP contribution in [0.1, 0.15) is 76.0 Å².